The van der Waals surface area contributed by atoms with Gasteiger partial charge < -0.3 is 24.7 Å². The molecule has 0 bridgehead atoms. The molecular formula is C16H22N2O6S. The molecule has 2 amide bonds. The maximum Gasteiger partial charge on any atom is 0.353 e. The molecule has 0 aromatic rings. The van der Waals surface area contributed by atoms with Crippen LogP contribution in [-0.2, 0) is 19.1 Å². The van der Waals surface area contributed by atoms with E-state index in [1.165, 1.54) is 16.7 Å². The molecule has 9 heteroatoms. The SMILES string of the molecule is COC1CN(C=O)CC1SC1=C(C(=O)O)N2C(=O)C(C(C)O)[C@H]2C1C. The number of hydrogen-bond acceptors (Lipinski definition) is 6. The topological polar surface area (TPSA) is 107 Å². The molecule has 0 aromatic carbocycles. The van der Waals surface area contributed by atoms with E-state index >= 15 is 0 Å². The maximum atomic E-state index is 12.3. The van der Waals surface area contributed by atoms with Crippen molar-refractivity contribution in [2.45, 2.75) is 37.3 Å². The highest BCUT2D eigenvalue weighted by Gasteiger charge is 2.60. The van der Waals surface area contributed by atoms with Gasteiger partial charge in [0.2, 0.25) is 12.3 Å². The second-order valence-electron chi connectivity index (χ2n) is 6.76. The van der Waals surface area contributed by atoms with Crippen LogP contribution in [0.5, 0.6) is 0 Å². The summed E-state index contributed by atoms with van der Waals surface area (Å²) in [6, 6.07) is -0.328. The number of carbonyl (C=O) groups is 3. The fraction of sp³-hybridized carbons (Fsp3) is 0.688. The van der Waals surface area contributed by atoms with Crippen LogP contribution in [0.15, 0.2) is 10.6 Å². The van der Waals surface area contributed by atoms with Crippen molar-refractivity contribution in [1.82, 2.24) is 9.80 Å². The summed E-state index contributed by atoms with van der Waals surface area (Å²) in [5, 5.41) is 19.4. The van der Waals surface area contributed by atoms with Crippen molar-refractivity contribution in [1.29, 1.82) is 0 Å². The predicted octanol–water partition coefficient (Wildman–Crippen LogP) is -0.271. The van der Waals surface area contributed by atoms with Gasteiger partial charge in [0, 0.05) is 31.0 Å². The van der Waals surface area contributed by atoms with Gasteiger partial charge in [-0.2, -0.15) is 0 Å². The van der Waals surface area contributed by atoms with Crippen molar-refractivity contribution in [3.63, 3.8) is 0 Å². The third kappa shape index (κ3) is 2.74. The number of nitrogens with zero attached hydrogens (tertiary/aromatic N) is 2. The highest BCUT2D eigenvalue weighted by Crippen LogP contribution is 2.52. The number of carbonyl (C=O) groups excluding carboxylic acids is 2. The van der Waals surface area contributed by atoms with Gasteiger partial charge in [0.1, 0.15) is 5.70 Å². The number of amides is 2. The number of hydrogen-bond donors (Lipinski definition) is 2. The highest BCUT2D eigenvalue weighted by atomic mass is 32.2. The Kier molecular flexibility index (Phi) is 4.82. The molecule has 3 heterocycles. The molecule has 6 atom stereocenters. The second kappa shape index (κ2) is 6.62. The Morgan fingerprint density at radius 3 is 2.64 bits per heavy atom. The standard InChI is InChI=1S/C16H22N2O6S/c1-7-12-11(8(2)20)15(21)18(12)13(16(22)23)14(7)25-10-5-17(6-19)4-9(10)24-3/h6-12,20H,4-5H2,1-3H3,(H,22,23)/t7?,8?,9?,10?,11?,12-/m1/s1. The minimum absolute atomic E-state index is 0.00352. The molecule has 0 aromatic heterocycles. The Balaban J connectivity index is 1.88. The van der Waals surface area contributed by atoms with E-state index in [-0.39, 0.29) is 34.9 Å². The normalized spacial score (nSPS) is 35.7. The van der Waals surface area contributed by atoms with Crippen LogP contribution >= 0.6 is 11.8 Å². The molecule has 5 unspecified atom stereocenters. The van der Waals surface area contributed by atoms with Crippen molar-refractivity contribution < 1.29 is 29.3 Å². The number of aliphatic hydroxyl groups excluding tert-OH is 1. The van der Waals surface area contributed by atoms with Crippen LogP contribution in [0.1, 0.15) is 13.8 Å². The minimum Gasteiger partial charge on any atom is -0.477 e. The molecule has 2 saturated heterocycles. The zero-order valence-electron chi connectivity index (χ0n) is 14.3. The number of ether oxygens (including phenoxy) is 1. The number of β-lactam (4-membered cyclic amide) rings is 1. The van der Waals surface area contributed by atoms with Crippen molar-refractivity contribution in [2.24, 2.45) is 11.8 Å². The average Bonchev–Trinajstić information content (AvgIpc) is 3.05. The number of likely N-dealkylation sites (tertiary alicyclic amines) is 1. The lowest BCUT2D eigenvalue weighted by Gasteiger charge is -2.46. The van der Waals surface area contributed by atoms with Crippen LogP contribution in [0.25, 0.3) is 0 Å². The summed E-state index contributed by atoms with van der Waals surface area (Å²) in [6.07, 6.45) is -0.252. The van der Waals surface area contributed by atoms with Crippen LogP contribution in [0.4, 0.5) is 0 Å². The summed E-state index contributed by atoms with van der Waals surface area (Å²) in [5.41, 5.74) is 0.00352. The van der Waals surface area contributed by atoms with E-state index in [0.717, 1.165) is 6.41 Å². The van der Waals surface area contributed by atoms with Crippen molar-refractivity contribution in [2.75, 3.05) is 20.2 Å². The van der Waals surface area contributed by atoms with Crippen molar-refractivity contribution in [3.05, 3.63) is 10.6 Å². The van der Waals surface area contributed by atoms with Crippen LogP contribution in [0.2, 0.25) is 0 Å². The smallest absolute Gasteiger partial charge is 0.353 e. The first-order valence-electron chi connectivity index (χ1n) is 8.19. The van der Waals surface area contributed by atoms with Crippen LogP contribution < -0.4 is 0 Å². The van der Waals surface area contributed by atoms with Gasteiger partial charge in [-0.3, -0.25) is 9.59 Å². The molecule has 2 N–H and O–H groups in total. The van der Waals surface area contributed by atoms with Gasteiger partial charge in [-0.15, -0.1) is 11.8 Å². The first kappa shape index (κ1) is 18.2. The van der Waals surface area contributed by atoms with Gasteiger partial charge in [-0.05, 0) is 6.92 Å². The van der Waals surface area contributed by atoms with E-state index < -0.39 is 18.0 Å². The lowest BCUT2D eigenvalue weighted by molar-refractivity contribution is -0.163. The molecule has 3 rings (SSSR count). The Labute approximate surface area is 149 Å². The third-order valence-corrected chi connectivity index (χ3v) is 6.86. The summed E-state index contributed by atoms with van der Waals surface area (Å²) in [5.74, 6) is -2.25. The number of thioether (sulfide) groups is 1. The second-order valence-corrected chi connectivity index (χ2v) is 8.04. The Morgan fingerprint density at radius 1 is 1.44 bits per heavy atom. The highest BCUT2D eigenvalue weighted by molar-refractivity contribution is 8.03. The van der Waals surface area contributed by atoms with E-state index in [1.54, 1.807) is 18.9 Å². The monoisotopic (exact) mass is 370 g/mol. The average molecular weight is 370 g/mol. The number of rotatable bonds is 6. The molecule has 3 aliphatic heterocycles. The number of methoxy groups -OCH3 is 1. The quantitative estimate of drug-likeness (QED) is 0.489. The number of carboxylic acids is 1. The molecule has 0 radical (unpaired) electrons. The van der Waals surface area contributed by atoms with E-state index in [2.05, 4.69) is 0 Å². The largest absolute Gasteiger partial charge is 0.477 e. The van der Waals surface area contributed by atoms with Crippen LogP contribution in [0.3, 0.4) is 0 Å². The van der Waals surface area contributed by atoms with Gasteiger partial charge in [-0.1, -0.05) is 6.92 Å². The van der Waals surface area contributed by atoms with Gasteiger partial charge in [-0.25, -0.2) is 4.79 Å². The lowest BCUT2D eigenvalue weighted by atomic mass is 9.79. The first-order valence-corrected chi connectivity index (χ1v) is 9.07. The Hall–Kier alpha value is -1.58. The zero-order valence-corrected chi connectivity index (χ0v) is 15.1. The number of fused-ring (bicyclic) bond motifs is 1. The van der Waals surface area contributed by atoms with E-state index in [4.69, 9.17) is 4.74 Å². The molecule has 25 heavy (non-hydrogen) atoms. The first-order chi connectivity index (χ1) is 11.8. The van der Waals surface area contributed by atoms with Crippen LogP contribution in [0, 0.1) is 11.8 Å². The minimum atomic E-state index is -1.14. The van der Waals surface area contributed by atoms with Crippen LogP contribution in [-0.4, -0.2) is 82.0 Å². The number of aliphatic hydroxyl groups is 1. The molecular weight excluding hydrogens is 348 g/mol. The summed E-state index contributed by atoms with van der Waals surface area (Å²) in [7, 11) is 1.57. The third-order valence-electron chi connectivity index (χ3n) is 5.28. The van der Waals surface area contributed by atoms with E-state index in [1.807, 2.05) is 6.92 Å². The summed E-state index contributed by atoms with van der Waals surface area (Å²) >= 11 is 1.37. The molecule has 0 saturated carbocycles. The molecule has 8 nitrogen and oxygen atoms in total. The molecule has 2 fully saturated rings. The maximum absolute atomic E-state index is 12.3. The fourth-order valence-electron chi connectivity index (χ4n) is 4.04. The van der Waals surface area contributed by atoms with Gasteiger partial charge >= 0.3 is 5.97 Å². The molecule has 3 aliphatic rings. The number of aliphatic carboxylic acids is 1. The fourth-order valence-corrected chi connectivity index (χ4v) is 5.63. The molecule has 138 valence electrons. The summed E-state index contributed by atoms with van der Waals surface area (Å²) in [4.78, 5) is 38.7. The molecule has 0 aliphatic carbocycles. The predicted molar refractivity (Wildman–Crippen MR) is 89.4 cm³/mol. The zero-order chi connectivity index (χ0) is 18.5. The van der Waals surface area contributed by atoms with Gasteiger partial charge in [0.15, 0.2) is 0 Å². The van der Waals surface area contributed by atoms with Gasteiger partial charge in [0.25, 0.3) is 0 Å². The Morgan fingerprint density at radius 2 is 2.12 bits per heavy atom. The van der Waals surface area contributed by atoms with E-state index in [0.29, 0.717) is 18.0 Å². The Bertz CT molecular complexity index is 636. The number of carboxylic acid groups (broad SMARTS) is 1. The molecule has 0 spiro atoms. The van der Waals surface area contributed by atoms with Gasteiger partial charge in [0.05, 0.1) is 29.4 Å². The van der Waals surface area contributed by atoms with E-state index in [9.17, 15) is 24.6 Å². The summed E-state index contributed by atoms with van der Waals surface area (Å²) in [6.45, 7) is 4.36. The summed E-state index contributed by atoms with van der Waals surface area (Å²) < 4.78 is 5.43. The van der Waals surface area contributed by atoms with Crippen molar-refractivity contribution >= 4 is 30.0 Å². The lowest BCUT2D eigenvalue weighted by Crippen LogP contribution is -2.63. The van der Waals surface area contributed by atoms with Crippen molar-refractivity contribution in [3.8, 4) is 0 Å².